The van der Waals surface area contributed by atoms with E-state index in [-0.39, 0.29) is 23.1 Å². The molecule has 0 aromatic heterocycles. The van der Waals surface area contributed by atoms with Crippen molar-refractivity contribution < 1.29 is 14.4 Å². The SMILES string of the molecule is O=C1CC2(CCN(CCCN3CCN(C(=O)C=Cc4ccc(Cl)c(Cl)c4)CCC3=O)CC2)CN1. The summed E-state index contributed by atoms with van der Waals surface area (Å²) >= 11 is 12.0. The van der Waals surface area contributed by atoms with E-state index in [0.717, 1.165) is 51.0 Å². The molecule has 3 aliphatic heterocycles. The average Bonchev–Trinajstić information content (AvgIpc) is 3.08. The molecule has 3 saturated heterocycles. The lowest BCUT2D eigenvalue weighted by Gasteiger charge is -2.38. The Labute approximate surface area is 211 Å². The monoisotopic (exact) mass is 506 g/mol. The van der Waals surface area contributed by atoms with E-state index in [2.05, 4.69) is 10.2 Å². The molecule has 1 spiro atoms. The van der Waals surface area contributed by atoms with Crippen molar-refractivity contribution in [2.24, 2.45) is 5.41 Å². The van der Waals surface area contributed by atoms with Gasteiger partial charge in [0.05, 0.1) is 10.0 Å². The van der Waals surface area contributed by atoms with E-state index in [0.29, 0.717) is 49.1 Å². The number of amides is 3. The number of nitrogens with zero attached hydrogens (tertiary/aromatic N) is 3. The van der Waals surface area contributed by atoms with Crippen molar-refractivity contribution in [1.29, 1.82) is 0 Å². The lowest BCUT2D eigenvalue weighted by atomic mass is 9.77. The van der Waals surface area contributed by atoms with Crippen LogP contribution in [-0.4, -0.2) is 84.8 Å². The van der Waals surface area contributed by atoms with Crippen LogP contribution in [0.15, 0.2) is 24.3 Å². The van der Waals surface area contributed by atoms with E-state index in [1.807, 2.05) is 4.90 Å². The molecule has 1 N–H and O–H groups in total. The van der Waals surface area contributed by atoms with Crippen LogP contribution in [-0.2, 0) is 14.4 Å². The smallest absolute Gasteiger partial charge is 0.246 e. The van der Waals surface area contributed by atoms with Crippen molar-refractivity contribution in [1.82, 2.24) is 20.0 Å². The van der Waals surface area contributed by atoms with Crippen LogP contribution in [0.1, 0.15) is 37.7 Å². The summed E-state index contributed by atoms with van der Waals surface area (Å²) in [4.78, 5) is 42.9. The van der Waals surface area contributed by atoms with Gasteiger partial charge in [0.2, 0.25) is 17.7 Å². The molecule has 3 aliphatic rings. The molecule has 3 fully saturated rings. The number of nitrogens with one attached hydrogen (secondary N) is 1. The summed E-state index contributed by atoms with van der Waals surface area (Å²) in [6, 6.07) is 5.22. The van der Waals surface area contributed by atoms with Gasteiger partial charge in [0, 0.05) is 51.6 Å². The van der Waals surface area contributed by atoms with Crippen LogP contribution in [0, 0.1) is 5.41 Å². The molecule has 7 nitrogen and oxygen atoms in total. The Morgan fingerprint density at radius 1 is 1.03 bits per heavy atom. The van der Waals surface area contributed by atoms with Gasteiger partial charge in [-0.1, -0.05) is 29.3 Å². The average molecular weight is 507 g/mol. The maximum Gasteiger partial charge on any atom is 0.246 e. The fraction of sp³-hybridized carbons (Fsp3) is 0.560. The third-order valence-corrected chi connectivity index (χ3v) is 8.02. The van der Waals surface area contributed by atoms with Crippen molar-refractivity contribution >= 4 is 47.0 Å². The van der Waals surface area contributed by atoms with Crippen molar-refractivity contribution in [2.45, 2.75) is 32.1 Å². The predicted molar refractivity (Wildman–Crippen MR) is 134 cm³/mol. The Morgan fingerprint density at radius 2 is 1.82 bits per heavy atom. The van der Waals surface area contributed by atoms with E-state index in [4.69, 9.17) is 23.2 Å². The molecule has 0 unspecified atom stereocenters. The van der Waals surface area contributed by atoms with Crippen LogP contribution in [0.3, 0.4) is 0 Å². The van der Waals surface area contributed by atoms with Gasteiger partial charge in [0.1, 0.15) is 0 Å². The first-order chi connectivity index (χ1) is 16.3. The second kappa shape index (κ2) is 11.1. The van der Waals surface area contributed by atoms with E-state index in [9.17, 15) is 14.4 Å². The van der Waals surface area contributed by atoms with Gasteiger partial charge in [-0.05, 0) is 68.1 Å². The normalized spacial score (nSPS) is 21.4. The predicted octanol–water partition coefficient (Wildman–Crippen LogP) is 3.06. The molecule has 184 valence electrons. The summed E-state index contributed by atoms with van der Waals surface area (Å²) in [7, 11) is 0. The fourth-order valence-corrected chi connectivity index (χ4v) is 5.36. The number of rotatable bonds is 6. The highest BCUT2D eigenvalue weighted by atomic mass is 35.5. The van der Waals surface area contributed by atoms with Crippen LogP contribution >= 0.6 is 23.2 Å². The number of piperidine rings is 1. The Hall–Kier alpha value is -2.09. The van der Waals surface area contributed by atoms with Gasteiger partial charge in [-0.2, -0.15) is 0 Å². The molecular weight excluding hydrogens is 475 g/mol. The van der Waals surface area contributed by atoms with Gasteiger partial charge in [-0.15, -0.1) is 0 Å². The van der Waals surface area contributed by atoms with Gasteiger partial charge in [0.25, 0.3) is 0 Å². The number of carbonyl (C=O) groups excluding carboxylic acids is 3. The highest BCUT2D eigenvalue weighted by Crippen LogP contribution is 2.37. The summed E-state index contributed by atoms with van der Waals surface area (Å²) in [5, 5.41) is 3.90. The minimum atomic E-state index is -0.108. The van der Waals surface area contributed by atoms with Gasteiger partial charge < -0.3 is 20.0 Å². The first kappa shape index (κ1) is 25.0. The van der Waals surface area contributed by atoms with Crippen LogP contribution in [0.25, 0.3) is 6.08 Å². The van der Waals surface area contributed by atoms with Crippen LogP contribution < -0.4 is 5.32 Å². The first-order valence-electron chi connectivity index (χ1n) is 12.0. The molecule has 34 heavy (non-hydrogen) atoms. The molecule has 0 radical (unpaired) electrons. The molecule has 0 bridgehead atoms. The van der Waals surface area contributed by atoms with E-state index >= 15 is 0 Å². The first-order valence-corrected chi connectivity index (χ1v) is 12.8. The van der Waals surface area contributed by atoms with E-state index in [1.54, 1.807) is 29.2 Å². The Kier molecular flexibility index (Phi) is 8.17. The summed E-state index contributed by atoms with van der Waals surface area (Å²) < 4.78 is 0. The molecule has 0 saturated carbocycles. The van der Waals surface area contributed by atoms with Gasteiger partial charge in [0.15, 0.2) is 0 Å². The number of carbonyl (C=O) groups is 3. The van der Waals surface area contributed by atoms with Crippen molar-refractivity contribution in [3.8, 4) is 0 Å². The lowest BCUT2D eigenvalue weighted by Crippen LogP contribution is -2.42. The van der Waals surface area contributed by atoms with Crippen molar-refractivity contribution in [3.05, 3.63) is 39.9 Å². The Bertz CT molecular complexity index is 959. The third-order valence-electron chi connectivity index (χ3n) is 7.28. The number of likely N-dealkylation sites (tertiary alicyclic amines) is 1. The summed E-state index contributed by atoms with van der Waals surface area (Å²) in [6.07, 6.45) is 7.29. The summed E-state index contributed by atoms with van der Waals surface area (Å²) in [5.74, 6) is 0.185. The fourth-order valence-electron chi connectivity index (χ4n) is 5.05. The van der Waals surface area contributed by atoms with Crippen molar-refractivity contribution in [3.63, 3.8) is 0 Å². The van der Waals surface area contributed by atoms with Gasteiger partial charge in [-0.25, -0.2) is 0 Å². The van der Waals surface area contributed by atoms with E-state index in [1.165, 1.54) is 6.08 Å². The lowest BCUT2D eigenvalue weighted by molar-refractivity contribution is -0.130. The zero-order valence-electron chi connectivity index (χ0n) is 19.4. The van der Waals surface area contributed by atoms with Gasteiger partial charge >= 0.3 is 0 Å². The zero-order chi connectivity index (χ0) is 24.1. The molecule has 1 aromatic rings. The number of benzene rings is 1. The molecule has 0 aliphatic carbocycles. The number of hydrogen-bond donors (Lipinski definition) is 1. The van der Waals surface area contributed by atoms with Crippen molar-refractivity contribution in [2.75, 3.05) is 52.4 Å². The molecule has 4 rings (SSSR count). The van der Waals surface area contributed by atoms with E-state index < -0.39 is 0 Å². The molecule has 9 heteroatoms. The Balaban J connectivity index is 1.20. The molecular formula is C25H32Cl2N4O3. The summed E-state index contributed by atoms with van der Waals surface area (Å²) in [6.45, 7) is 6.02. The minimum Gasteiger partial charge on any atom is -0.356 e. The zero-order valence-corrected chi connectivity index (χ0v) is 20.9. The standard InChI is InChI=1S/C25H32Cl2N4O3/c26-20-4-2-19(16-21(20)27)3-5-23(33)31-11-6-24(34)30(14-15-31)10-1-9-29-12-7-25(8-13-29)17-22(32)28-18-25/h2-5,16H,1,6-15,17-18H2,(H,28,32). The minimum absolute atomic E-state index is 0.108. The van der Waals surface area contributed by atoms with Crippen LogP contribution in [0.4, 0.5) is 0 Å². The summed E-state index contributed by atoms with van der Waals surface area (Å²) in [5.41, 5.74) is 0.966. The molecule has 3 amide bonds. The topological polar surface area (TPSA) is 73.0 Å². The molecule has 0 atom stereocenters. The second-order valence-electron chi connectivity index (χ2n) is 9.61. The largest absolute Gasteiger partial charge is 0.356 e. The number of halogens is 2. The maximum atomic E-state index is 12.7. The molecule has 1 aromatic carbocycles. The third kappa shape index (κ3) is 6.32. The highest BCUT2D eigenvalue weighted by Gasteiger charge is 2.40. The van der Waals surface area contributed by atoms with Gasteiger partial charge in [-0.3, -0.25) is 14.4 Å². The number of hydrogen-bond acceptors (Lipinski definition) is 4. The quantitative estimate of drug-likeness (QED) is 0.601. The highest BCUT2D eigenvalue weighted by molar-refractivity contribution is 6.42. The molecule has 3 heterocycles. The van der Waals surface area contributed by atoms with Crippen LogP contribution in [0.2, 0.25) is 10.0 Å². The Morgan fingerprint density at radius 3 is 2.53 bits per heavy atom. The second-order valence-corrected chi connectivity index (χ2v) is 10.4. The maximum absolute atomic E-state index is 12.7. The van der Waals surface area contributed by atoms with Crippen LogP contribution in [0.5, 0.6) is 0 Å².